The van der Waals surface area contributed by atoms with Gasteiger partial charge in [0.25, 0.3) is 0 Å². The molecule has 3 N–H and O–H groups in total. The van der Waals surface area contributed by atoms with Crippen LogP contribution in [-0.2, 0) is 23.5 Å². The van der Waals surface area contributed by atoms with E-state index in [2.05, 4.69) is 9.82 Å². The van der Waals surface area contributed by atoms with E-state index in [0.29, 0.717) is 12.1 Å². The van der Waals surface area contributed by atoms with Gasteiger partial charge in [0.05, 0.1) is 15.6 Å². The van der Waals surface area contributed by atoms with E-state index < -0.39 is 10.0 Å². The van der Waals surface area contributed by atoms with Crippen LogP contribution in [0.5, 0.6) is 0 Å². The summed E-state index contributed by atoms with van der Waals surface area (Å²) in [5.41, 5.74) is 6.85. The summed E-state index contributed by atoms with van der Waals surface area (Å²) >= 11 is 5.83. The molecule has 0 fully saturated rings. The number of benzene rings is 1. The van der Waals surface area contributed by atoms with Gasteiger partial charge >= 0.3 is 0 Å². The largest absolute Gasteiger partial charge is 0.398 e. The molecule has 0 bridgehead atoms. The third-order valence-corrected chi connectivity index (χ3v) is 4.66. The van der Waals surface area contributed by atoms with Crippen LogP contribution in [0.2, 0.25) is 5.02 Å². The number of nitrogen functional groups attached to an aromatic ring is 1. The Morgan fingerprint density at radius 1 is 1.40 bits per heavy atom. The highest BCUT2D eigenvalue weighted by molar-refractivity contribution is 7.89. The molecule has 0 radical (unpaired) electrons. The number of halogens is 1. The van der Waals surface area contributed by atoms with Crippen molar-refractivity contribution >= 4 is 27.3 Å². The summed E-state index contributed by atoms with van der Waals surface area (Å²) < 4.78 is 28.4. The number of sulfonamides is 1. The average Bonchev–Trinajstić information content (AvgIpc) is 2.78. The van der Waals surface area contributed by atoms with Crippen molar-refractivity contribution in [1.29, 1.82) is 0 Å². The van der Waals surface area contributed by atoms with E-state index in [1.165, 1.54) is 18.2 Å². The molecule has 0 spiro atoms. The number of aromatic nitrogens is 2. The first kappa shape index (κ1) is 14.8. The lowest BCUT2D eigenvalue weighted by atomic mass is 10.3. The zero-order chi connectivity index (χ0) is 14.8. The molecule has 0 saturated carbocycles. The van der Waals surface area contributed by atoms with Crippen LogP contribution in [0.25, 0.3) is 0 Å². The van der Waals surface area contributed by atoms with Crippen molar-refractivity contribution < 1.29 is 8.42 Å². The molecule has 6 nitrogen and oxygen atoms in total. The summed E-state index contributed by atoms with van der Waals surface area (Å²) in [4.78, 5) is 0.0988. The van der Waals surface area contributed by atoms with E-state index in [0.717, 1.165) is 5.69 Å². The molecule has 0 amide bonds. The number of nitrogens with one attached hydrogen (secondary N) is 1. The van der Waals surface area contributed by atoms with Crippen LogP contribution in [0.3, 0.4) is 0 Å². The zero-order valence-corrected chi connectivity index (χ0v) is 12.4. The van der Waals surface area contributed by atoms with Crippen molar-refractivity contribution in [3.63, 3.8) is 0 Å². The normalized spacial score (nSPS) is 11.7. The van der Waals surface area contributed by atoms with Gasteiger partial charge in [-0.3, -0.25) is 4.68 Å². The molecular formula is C12H15ClN4O2S. The average molecular weight is 315 g/mol. The molecule has 2 aromatic rings. The minimum Gasteiger partial charge on any atom is -0.398 e. The molecule has 1 heterocycles. The van der Waals surface area contributed by atoms with Crippen LogP contribution in [0.4, 0.5) is 5.69 Å². The molecule has 1 aromatic heterocycles. The predicted molar refractivity (Wildman–Crippen MR) is 78.0 cm³/mol. The number of hydrogen-bond acceptors (Lipinski definition) is 4. The molecule has 0 aliphatic carbocycles. The summed E-state index contributed by atoms with van der Waals surface area (Å²) in [7, 11) is -1.78. The Morgan fingerprint density at radius 3 is 2.75 bits per heavy atom. The van der Waals surface area contributed by atoms with Crippen molar-refractivity contribution in [2.45, 2.75) is 11.3 Å². The van der Waals surface area contributed by atoms with Gasteiger partial charge in [-0.15, -0.1) is 0 Å². The molecule has 0 atom stereocenters. The van der Waals surface area contributed by atoms with Crippen LogP contribution in [0.1, 0.15) is 5.69 Å². The predicted octanol–water partition coefficient (Wildman–Crippen LogP) is 1.18. The van der Waals surface area contributed by atoms with Gasteiger partial charge in [0.15, 0.2) is 0 Å². The quantitative estimate of drug-likeness (QED) is 0.811. The molecule has 0 aliphatic heterocycles. The first-order valence-corrected chi connectivity index (χ1v) is 7.78. The molecular weight excluding hydrogens is 300 g/mol. The maximum absolute atomic E-state index is 12.1. The van der Waals surface area contributed by atoms with E-state index in [1.54, 1.807) is 10.9 Å². The Hall–Kier alpha value is -1.57. The maximum Gasteiger partial charge on any atom is 0.240 e. The van der Waals surface area contributed by atoms with Crippen LogP contribution < -0.4 is 10.5 Å². The van der Waals surface area contributed by atoms with Gasteiger partial charge in [-0.05, 0) is 24.3 Å². The van der Waals surface area contributed by atoms with Gasteiger partial charge < -0.3 is 5.73 Å². The Morgan fingerprint density at radius 2 is 2.15 bits per heavy atom. The maximum atomic E-state index is 12.1. The van der Waals surface area contributed by atoms with E-state index >= 15 is 0 Å². The number of nitrogens with zero attached hydrogens (tertiary/aromatic N) is 2. The van der Waals surface area contributed by atoms with Gasteiger partial charge in [-0.1, -0.05) is 11.6 Å². The van der Waals surface area contributed by atoms with Gasteiger partial charge in [-0.25, -0.2) is 13.1 Å². The number of anilines is 1. The molecule has 0 aliphatic rings. The second-order valence-electron chi connectivity index (χ2n) is 4.28. The number of rotatable bonds is 5. The number of hydrogen-bond donors (Lipinski definition) is 2. The summed E-state index contributed by atoms with van der Waals surface area (Å²) in [6.07, 6.45) is 2.22. The third-order valence-electron chi connectivity index (χ3n) is 2.88. The van der Waals surface area contributed by atoms with Crippen molar-refractivity contribution in [3.05, 3.63) is 41.2 Å². The van der Waals surface area contributed by atoms with E-state index in [1.807, 2.05) is 13.1 Å². The summed E-state index contributed by atoms with van der Waals surface area (Å²) in [5, 5.41) is 4.24. The standard InChI is InChI=1S/C12H15ClN4O2S/c1-17-9(4-6-15-17)5-7-16-20(18,19)10-2-3-12(14)11(13)8-10/h2-4,6,8,16H,5,7,14H2,1H3. The zero-order valence-electron chi connectivity index (χ0n) is 10.9. The second-order valence-corrected chi connectivity index (χ2v) is 6.45. The molecule has 0 unspecified atom stereocenters. The Labute approximate surface area is 122 Å². The van der Waals surface area contributed by atoms with Crippen molar-refractivity contribution in [2.75, 3.05) is 12.3 Å². The topological polar surface area (TPSA) is 90.0 Å². The Balaban J connectivity index is 2.04. The van der Waals surface area contributed by atoms with Crippen molar-refractivity contribution in [2.24, 2.45) is 7.05 Å². The molecule has 20 heavy (non-hydrogen) atoms. The summed E-state index contributed by atoms with van der Waals surface area (Å²) in [5.74, 6) is 0. The van der Waals surface area contributed by atoms with Gasteiger partial charge in [0.2, 0.25) is 10.0 Å². The van der Waals surface area contributed by atoms with Crippen LogP contribution in [0.15, 0.2) is 35.4 Å². The van der Waals surface area contributed by atoms with Crippen LogP contribution >= 0.6 is 11.6 Å². The number of aryl methyl sites for hydroxylation is 1. The smallest absolute Gasteiger partial charge is 0.240 e. The van der Waals surface area contributed by atoms with E-state index in [9.17, 15) is 8.42 Å². The SMILES string of the molecule is Cn1nccc1CCNS(=O)(=O)c1ccc(N)c(Cl)c1. The monoisotopic (exact) mass is 314 g/mol. The highest BCUT2D eigenvalue weighted by Crippen LogP contribution is 2.22. The number of nitrogens with two attached hydrogens (primary N) is 1. The van der Waals surface area contributed by atoms with Crippen molar-refractivity contribution in [3.8, 4) is 0 Å². The molecule has 0 saturated heterocycles. The fraction of sp³-hybridized carbons (Fsp3) is 0.250. The molecule has 108 valence electrons. The first-order chi connectivity index (χ1) is 9.40. The molecule has 2 rings (SSSR count). The summed E-state index contributed by atoms with van der Waals surface area (Å²) in [6, 6.07) is 6.07. The lowest BCUT2D eigenvalue weighted by Gasteiger charge is -2.08. The van der Waals surface area contributed by atoms with Crippen molar-refractivity contribution in [1.82, 2.24) is 14.5 Å². The fourth-order valence-corrected chi connectivity index (χ4v) is 3.02. The lowest BCUT2D eigenvalue weighted by molar-refractivity contribution is 0.580. The third kappa shape index (κ3) is 3.30. The highest BCUT2D eigenvalue weighted by Gasteiger charge is 2.14. The highest BCUT2D eigenvalue weighted by atomic mass is 35.5. The summed E-state index contributed by atoms with van der Waals surface area (Å²) in [6.45, 7) is 0.282. The lowest BCUT2D eigenvalue weighted by Crippen LogP contribution is -2.26. The Kier molecular flexibility index (Phi) is 4.32. The minimum absolute atomic E-state index is 0.0988. The van der Waals surface area contributed by atoms with Crippen LogP contribution in [-0.4, -0.2) is 24.7 Å². The minimum atomic E-state index is -3.59. The van der Waals surface area contributed by atoms with E-state index in [-0.39, 0.29) is 16.5 Å². The van der Waals surface area contributed by atoms with Gasteiger partial charge in [0.1, 0.15) is 0 Å². The Bertz CT molecular complexity index is 712. The second kappa shape index (κ2) is 5.82. The fourth-order valence-electron chi connectivity index (χ4n) is 1.72. The van der Waals surface area contributed by atoms with Gasteiger partial charge in [-0.2, -0.15) is 5.10 Å². The van der Waals surface area contributed by atoms with Gasteiger partial charge in [0, 0.05) is 31.9 Å². The first-order valence-electron chi connectivity index (χ1n) is 5.92. The molecule has 8 heteroatoms. The van der Waals surface area contributed by atoms with Crippen LogP contribution in [0, 0.1) is 0 Å². The van der Waals surface area contributed by atoms with E-state index in [4.69, 9.17) is 17.3 Å². The molecule has 1 aromatic carbocycles.